The predicted molar refractivity (Wildman–Crippen MR) is 72.1 cm³/mol. The Bertz CT molecular complexity index is 507. The van der Waals surface area contributed by atoms with Crippen molar-refractivity contribution in [3.8, 4) is 6.07 Å². The molecule has 0 saturated carbocycles. The van der Waals surface area contributed by atoms with Crippen molar-refractivity contribution in [2.45, 2.75) is 12.8 Å². The highest BCUT2D eigenvalue weighted by Crippen LogP contribution is 2.24. The second kappa shape index (κ2) is 6.87. The molecule has 6 heteroatoms. The Hall–Kier alpha value is -2.13. The van der Waals surface area contributed by atoms with Crippen LogP contribution < -0.4 is 5.32 Å². The highest BCUT2D eigenvalue weighted by atomic mass is 16.5. The monoisotopic (exact) mass is 275 g/mol. The van der Waals surface area contributed by atoms with Gasteiger partial charge in [0.05, 0.1) is 11.5 Å². The summed E-state index contributed by atoms with van der Waals surface area (Å²) in [6.45, 7) is 1.49. The van der Waals surface area contributed by atoms with E-state index in [-0.39, 0.29) is 12.5 Å². The van der Waals surface area contributed by atoms with Crippen LogP contribution in [0.2, 0.25) is 0 Å². The number of hydrogen-bond donors (Lipinski definition) is 2. The third kappa shape index (κ3) is 3.45. The fourth-order valence-corrected chi connectivity index (χ4v) is 2.42. The maximum atomic E-state index is 11.4. The number of carboxylic acids is 1. The van der Waals surface area contributed by atoms with Crippen LogP contribution in [0, 0.1) is 23.2 Å². The number of anilines is 1. The van der Waals surface area contributed by atoms with E-state index in [1.54, 1.807) is 18.3 Å². The van der Waals surface area contributed by atoms with E-state index in [4.69, 9.17) is 10.00 Å². The molecule has 0 amide bonds. The minimum absolute atomic E-state index is 0.1000. The molecule has 1 aliphatic heterocycles. The van der Waals surface area contributed by atoms with Crippen LogP contribution in [-0.2, 0) is 9.53 Å². The quantitative estimate of drug-likeness (QED) is 0.845. The van der Waals surface area contributed by atoms with E-state index in [0.717, 1.165) is 12.8 Å². The summed E-state index contributed by atoms with van der Waals surface area (Å²) in [5.74, 6) is -0.775. The fraction of sp³-hybridized carbons (Fsp3) is 0.500. The number of carbonyl (C=O) groups is 1. The summed E-state index contributed by atoms with van der Waals surface area (Å²) in [6, 6.07) is 5.37. The Morgan fingerprint density at radius 3 is 3.00 bits per heavy atom. The molecular weight excluding hydrogens is 258 g/mol. The van der Waals surface area contributed by atoms with Crippen molar-refractivity contribution in [1.82, 2.24) is 4.98 Å². The highest BCUT2D eigenvalue weighted by Gasteiger charge is 2.29. The van der Waals surface area contributed by atoms with E-state index in [1.165, 1.54) is 0 Å². The molecule has 2 heterocycles. The highest BCUT2D eigenvalue weighted by molar-refractivity contribution is 5.71. The molecule has 2 rings (SSSR count). The zero-order valence-corrected chi connectivity index (χ0v) is 11.1. The SMILES string of the molecule is N#Cc1cccnc1NCC(C(=O)O)C1CCOCC1. The Kier molecular flexibility index (Phi) is 4.91. The summed E-state index contributed by atoms with van der Waals surface area (Å²) < 4.78 is 5.26. The van der Waals surface area contributed by atoms with Gasteiger partial charge in [-0.25, -0.2) is 4.98 Å². The lowest BCUT2D eigenvalue weighted by Crippen LogP contribution is -2.34. The standard InChI is InChI=1S/C14H17N3O3/c15-8-11-2-1-5-16-13(11)17-9-12(14(18)19)10-3-6-20-7-4-10/h1-2,5,10,12H,3-4,6-7,9H2,(H,16,17)(H,18,19). The van der Waals surface area contributed by atoms with E-state index < -0.39 is 11.9 Å². The van der Waals surface area contributed by atoms with Crippen LogP contribution in [0.3, 0.4) is 0 Å². The lowest BCUT2D eigenvalue weighted by atomic mass is 9.86. The maximum Gasteiger partial charge on any atom is 0.308 e. The van der Waals surface area contributed by atoms with Crippen molar-refractivity contribution >= 4 is 11.8 Å². The topological polar surface area (TPSA) is 95.2 Å². The second-order valence-corrected chi connectivity index (χ2v) is 4.79. The molecule has 0 spiro atoms. The summed E-state index contributed by atoms with van der Waals surface area (Å²) in [5.41, 5.74) is 0.420. The van der Waals surface area contributed by atoms with Crippen LogP contribution in [0.1, 0.15) is 18.4 Å². The van der Waals surface area contributed by atoms with E-state index in [9.17, 15) is 9.90 Å². The zero-order valence-electron chi connectivity index (χ0n) is 11.1. The number of nitrogens with one attached hydrogen (secondary N) is 1. The van der Waals surface area contributed by atoms with Gasteiger partial charge in [0.2, 0.25) is 0 Å². The normalized spacial score (nSPS) is 17.1. The first kappa shape index (κ1) is 14.3. The molecule has 0 aromatic carbocycles. The number of pyridine rings is 1. The van der Waals surface area contributed by atoms with Gasteiger partial charge in [-0.3, -0.25) is 4.79 Å². The fourth-order valence-electron chi connectivity index (χ4n) is 2.42. The number of nitriles is 1. The van der Waals surface area contributed by atoms with E-state index in [0.29, 0.717) is 24.6 Å². The molecule has 1 saturated heterocycles. The molecule has 1 aromatic rings. The summed E-state index contributed by atoms with van der Waals surface area (Å²) in [5, 5.41) is 21.3. The van der Waals surface area contributed by atoms with Gasteiger partial charge in [0.1, 0.15) is 11.9 Å². The van der Waals surface area contributed by atoms with Crippen LogP contribution in [0.15, 0.2) is 18.3 Å². The lowest BCUT2D eigenvalue weighted by molar-refractivity contribution is -0.144. The molecule has 0 aliphatic carbocycles. The second-order valence-electron chi connectivity index (χ2n) is 4.79. The number of aromatic nitrogens is 1. The number of rotatable bonds is 5. The molecule has 20 heavy (non-hydrogen) atoms. The smallest absolute Gasteiger partial charge is 0.308 e. The van der Waals surface area contributed by atoms with Gasteiger partial charge in [0.25, 0.3) is 0 Å². The van der Waals surface area contributed by atoms with Crippen molar-refractivity contribution in [3.05, 3.63) is 23.9 Å². The van der Waals surface area contributed by atoms with Gasteiger partial charge in [-0.05, 0) is 30.9 Å². The van der Waals surface area contributed by atoms with Crippen molar-refractivity contribution in [1.29, 1.82) is 5.26 Å². The van der Waals surface area contributed by atoms with Gasteiger partial charge < -0.3 is 15.2 Å². The molecule has 1 atom stereocenters. The number of ether oxygens (including phenoxy) is 1. The summed E-state index contributed by atoms with van der Waals surface area (Å²) in [7, 11) is 0. The molecule has 0 bridgehead atoms. The lowest BCUT2D eigenvalue weighted by Gasteiger charge is -2.27. The Morgan fingerprint density at radius 1 is 1.60 bits per heavy atom. The number of aliphatic carboxylic acids is 1. The predicted octanol–water partition coefficient (Wildman–Crippen LogP) is 1.49. The average molecular weight is 275 g/mol. The Labute approximate surface area is 117 Å². The minimum Gasteiger partial charge on any atom is -0.481 e. The first-order chi connectivity index (χ1) is 9.72. The Morgan fingerprint density at radius 2 is 2.35 bits per heavy atom. The van der Waals surface area contributed by atoms with Crippen molar-refractivity contribution < 1.29 is 14.6 Å². The molecule has 1 fully saturated rings. The summed E-state index contributed by atoms with van der Waals surface area (Å²) in [4.78, 5) is 15.5. The molecule has 6 nitrogen and oxygen atoms in total. The Balaban J connectivity index is 2.02. The molecule has 0 radical (unpaired) electrons. The van der Waals surface area contributed by atoms with Gasteiger partial charge >= 0.3 is 5.97 Å². The van der Waals surface area contributed by atoms with Gasteiger partial charge in [-0.2, -0.15) is 5.26 Å². The van der Waals surface area contributed by atoms with Crippen LogP contribution in [-0.4, -0.2) is 35.8 Å². The molecule has 106 valence electrons. The van der Waals surface area contributed by atoms with Crippen molar-refractivity contribution in [2.75, 3.05) is 25.1 Å². The van der Waals surface area contributed by atoms with Crippen molar-refractivity contribution in [3.63, 3.8) is 0 Å². The first-order valence-corrected chi connectivity index (χ1v) is 6.62. The molecule has 1 unspecified atom stereocenters. The third-order valence-corrected chi connectivity index (χ3v) is 3.57. The average Bonchev–Trinajstić information content (AvgIpc) is 2.48. The number of carboxylic acid groups (broad SMARTS) is 1. The molecule has 2 N–H and O–H groups in total. The summed E-state index contributed by atoms with van der Waals surface area (Å²) in [6.07, 6.45) is 3.09. The zero-order chi connectivity index (χ0) is 14.4. The maximum absolute atomic E-state index is 11.4. The van der Waals surface area contributed by atoms with Crippen LogP contribution in [0.5, 0.6) is 0 Å². The van der Waals surface area contributed by atoms with Gasteiger partial charge in [-0.1, -0.05) is 0 Å². The number of nitrogens with zero attached hydrogens (tertiary/aromatic N) is 2. The molecule has 1 aliphatic rings. The third-order valence-electron chi connectivity index (χ3n) is 3.57. The largest absolute Gasteiger partial charge is 0.481 e. The minimum atomic E-state index is -0.821. The summed E-state index contributed by atoms with van der Waals surface area (Å²) >= 11 is 0. The van der Waals surface area contributed by atoms with Gasteiger partial charge in [-0.15, -0.1) is 0 Å². The number of hydrogen-bond acceptors (Lipinski definition) is 5. The van der Waals surface area contributed by atoms with Crippen LogP contribution in [0.25, 0.3) is 0 Å². The van der Waals surface area contributed by atoms with Crippen LogP contribution >= 0.6 is 0 Å². The first-order valence-electron chi connectivity index (χ1n) is 6.62. The molecular formula is C14H17N3O3. The van der Waals surface area contributed by atoms with Gasteiger partial charge in [0.15, 0.2) is 0 Å². The van der Waals surface area contributed by atoms with Crippen LogP contribution in [0.4, 0.5) is 5.82 Å². The van der Waals surface area contributed by atoms with Gasteiger partial charge in [0, 0.05) is 26.0 Å². The van der Waals surface area contributed by atoms with E-state index in [2.05, 4.69) is 10.3 Å². The van der Waals surface area contributed by atoms with Crippen molar-refractivity contribution in [2.24, 2.45) is 11.8 Å². The van der Waals surface area contributed by atoms with E-state index in [1.807, 2.05) is 6.07 Å². The molecule has 1 aromatic heterocycles. The van der Waals surface area contributed by atoms with E-state index >= 15 is 0 Å².